The number of para-hydroxylation sites is 2. The van der Waals surface area contributed by atoms with Crippen molar-refractivity contribution in [2.24, 2.45) is 0 Å². The summed E-state index contributed by atoms with van der Waals surface area (Å²) in [7, 11) is 0. The van der Waals surface area contributed by atoms with Crippen molar-refractivity contribution in [3.05, 3.63) is 168 Å². The molecule has 0 atom stereocenters. The van der Waals surface area contributed by atoms with Crippen LogP contribution >= 0.6 is 0 Å². The second-order valence-corrected chi connectivity index (χ2v) is 21.1. The van der Waals surface area contributed by atoms with E-state index < -0.39 is 0 Å². The molecule has 0 aliphatic carbocycles. The number of aromatic nitrogens is 3. The van der Waals surface area contributed by atoms with E-state index in [1.165, 1.54) is 27.6 Å². The second-order valence-electron chi connectivity index (χ2n) is 21.1. The van der Waals surface area contributed by atoms with Gasteiger partial charge in [0.1, 0.15) is 22.7 Å². The van der Waals surface area contributed by atoms with Crippen LogP contribution < -0.4 is 0 Å². The molecule has 67 heavy (non-hydrogen) atoms. The minimum Gasteiger partial charge on any atom is -0.507 e. The average Bonchev–Trinajstić information content (AvgIpc) is 3.89. The molecule has 0 unspecified atom stereocenters. The third-order valence-electron chi connectivity index (χ3n) is 13.9. The summed E-state index contributed by atoms with van der Waals surface area (Å²) >= 11 is 0. The van der Waals surface area contributed by atoms with Gasteiger partial charge in [-0.2, -0.15) is 0 Å². The first-order chi connectivity index (χ1) is 32.1. The third-order valence-corrected chi connectivity index (χ3v) is 13.9. The van der Waals surface area contributed by atoms with Crippen LogP contribution in [0.1, 0.15) is 103 Å². The number of phenolic OH excluding ortho intramolecular Hbond substituents is 1. The SMILES string of the molecule is CC(C)c1cc(-c2ccccc2)cc(C(C)C)c1-n1c(-c2cc(C(C)(C)C)cc(C(C)(C)C)c2O)nc2c(-c3ccc4c5ccccc5c5c(ccc6oc7ccccc7c65)c4n3)cccc21. The molecule has 332 valence electrons. The van der Waals surface area contributed by atoms with E-state index in [-0.39, 0.29) is 28.4 Å². The summed E-state index contributed by atoms with van der Waals surface area (Å²) in [6, 6.07) is 51.9. The van der Waals surface area contributed by atoms with Crippen LogP contribution in [0.5, 0.6) is 5.75 Å². The summed E-state index contributed by atoms with van der Waals surface area (Å²) in [4.78, 5) is 11.4. The van der Waals surface area contributed by atoms with Crippen molar-refractivity contribution in [1.82, 2.24) is 14.5 Å². The van der Waals surface area contributed by atoms with Gasteiger partial charge in [-0.05, 0) is 116 Å². The third kappa shape index (κ3) is 6.81. The van der Waals surface area contributed by atoms with Crippen molar-refractivity contribution < 1.29 is 9.52 Å². The fourth-order valence-corrected chi connectivity index (χ4v) is 10.4. The average molecular weight is 876 g/mol. The van der Waals surface area contributed by atoms with Gasteiger partial charge in [-0.15, -0.1) is 0 Å². The summed E-state index contributed by atoms with van der Waals surface area (Å²) in [5, 5.41) is 20.5. The molecule has 0 amide bonds. The topological polar surface area (TPSA) is 64.1 Å². The molecule has 0 aliphatic heterocycles. The molecule has 0 bridgehead atoms. The van der Waals surface area contributed by atoms with Crippen molar-refractivity contribution in [2.75, 3.05) is 0 Å². The molecule has 5 nitrogen and oxygen atoms in total. The van der Waals surface area contributed by atoms with E-state index in [1.807, 2.05) is 12.1 Å². The van der Waals surface area contributed by atoms with Crippen LogP contribution in [0.3, 0.4) is 0 Å². The molecule has 0 radical (unpaired) electrons. The number of pyridine rings is 1. The van der Waals surface area contributed by atoms with Gasteiger partial charge in [0.25, 0.3) is 0 Å². The highest BCUT2D eigenvalue weighted by Gasteiger charge is 2.31. The number of phenols is 1. The maximum Gasteiger partial charge on any atom is 0.149 e. The van der Waals surface area contributed by atoms with Crippen molar-refractivity contribution >= 4 is 65.4 Å². The number of hydrogen-bond acceptors (Lipinski definition) is 4. The zero-order valence-corrected chi connectivity index (χ0v) is 40.2. The molecular formula is C62H57N3O2. The Kier molecular flexibility index (Phi) is 9.76. The fraction of sp³-hybridized carbons (Fsp3) is 0.226. The van der Waals surface area contributed by atoms with Crippen LogP contribution in [0.25, 0.3) is 105 Å². The monoisotopic (exact) mass is 875 g/mol. The van der Waals surface area contributed by atoms with Gasteiger partial charge >= 0.3 is 0 Å². The molecular weight excluding hydrogens is 819 g/mol. The number of rotatable bonds is 6. The predicted molar refractivity (Wildman–Crippen MR) is 282 cm³/mol. The van der Waals surface area contributed by atoms with E-state index in [4.69, 9.17) is 14.4 Å². The minimum atomic E-state index is -0.331. The molecule has 3 heterocycles. The Bertz CT molecular complexity index is 3750. The lowest BCUT2D eigenvalue weighted by atomic mass is 9.78. The maximum absolute atomic E-state index is 12.7. The van der Waals surface area contributed by atoms with E-state index in [0.717, 1.165) is 93.7 Å². The molecule has 5 heteroatoms. The van der Waals surface area contributed by atoms with Crippen LogP contribution in [-0.4, -0.2) is 19.6 Å². The number of nitrogens with zero attached hydrogens (tertiary/aromatic N) is 3. The summed E-state index contributed by atoms with van der Waals surface area (Å²) in [5.74, 6) is 1.32. The molecule has 11 aromatic rings. The van der Waals surface area contributed by atoms with E-state index in [0.29, 0.717) is 5.82 Å². The first kappa shape index (κ1) is 42.4. The number of benzene rings is 8. The normalized spacial score (nSPS) is 12.7. The number of imidazole rings is 1. The number of hydrogen-bond donors (Lipinski definition) is 1. The molecule has 8 aromatic carbocycles. The van der Waals surface area contributed by atoms with Gasteiger partial charge in [-0.1, -0.05) is 160 Å². The summed E-state index contributed by atoms with van der Waals surface area (Å²) < 4.78 is 8.79. The smallest absolute Gasteiger partial charge is 0.149 e. The highest BCUT2D eigenvalue weighted by Crippen LogP contribution is 2.48. The zero-order valence-electron chi connectivity index (χ0n) is 40.2. The molecule has 0 spiro atoms. The van der Waals surface area contributed by atoms with Crippen LogP contribution in [0, 0.1) is 0 Å². The Balaban J connectivity index is 1.26. The lowest BCUT2D eigenvalue weighted by Crippen LogP contribution is -2.17. The van der Waals surface area contributed by atoms with E-state index in [1.54, 1.807) is 0 Å². The standard InChI is InChI=1S/C62H57N3O2/c1-35(2)46-31-38(37-19-12-11-13-20-37)32-47(36(3)4)58(46)65-51-25-18-24-43(57(51)64-60(65)48-33-39(61(5,6)7)34-49(59(48)66)62(8,9)10)50-29-27-42-40-21-14-15-22-41(40)54-45(56(42)63-50)28-30-53-55(54)44-23-16-17-26-52(44)67-53/h11-36,66H,1-10H3. The molecule has 0 aliphatic rings. The van der Waals surface area contributed by atoms with Gasteiger partial charge in [-0.3, -0.25) is 4.57 Å². The molecule has 0 saturated heterocycles. The highest BCUT2D eigenvalue weighted by atomic mass is 16.3. The first-order valence-corrected chi connectivity index (χ1v) is 23.8. The molecule has 1 N–H and O–H groups in total. The lowest BCUT2D eigenvalue weighted by molar-refractivity contribution is 0.446. The summed E-state index contributed by atoms with van der Waals surface area (Å²) in [6.07, 6.45) is 0. The Hall–Kier alpha value is -7.24. The van der Waals surface area contributed by atoms with Gasteiger partial charge in [0.15, 0.2) is 0 Å². The van der Waals surface area contributed by atoms with Crippen molar-refractivity contribution in [2.45, 2.75) is 91.9 Å². The molecule has 0 saturated carbocycles. The van der Waals surface area contributed by atoms with Crippen molar-refractivity contribution in [1.29, 1.82) is 0 Å². The Labute approximate surface area is 392 Å². The number of fused-ring (bicyclic) bond motifs is 11. The Morgan fingerprint density at radius 2 is 1.16 bits per heavy atom. The van der Waals surface area contributed by atoms with Gasteiger partial charge < -0.3 is 9.52 Å². The van der Waals surface area contributed by atoms with Gasteiger partial charge in [0, 0.05) is 38.1 Å². The van der Waals surface area contributed by atoms with Gasteiger partial charge in [0.05, 0.1) is 33.5 Å². The van der Waals surface area contributed by atoms with E-state index >= 15 is 0 Å². The largest absolute Gasteiger partial charge is 0.507 e. The molecule has 0 fully saturated rings. The quantitative estimate of drug-likeness (QED) is 0.169. The summed E-state index contributed by atoms with van der Waals surface area (Å²) in [5.41, 5.74) is 14.4. The minimum absolute atomic E-state index is 0.174. The van der Waals surface area contributed by atoms with Crippen LogP contribution in [0.4, 0.5) is 0 Å². The van der Waals surface area contributed by atoms with E-state index in [9.17, 15) is 5.11 Å². The molecule has 3 aromatic heterocycles. The Morgan fingerprint density at radius 1 is 0.507 bits per heavy atom. The zero-order chi connectivity index (χ0) is 46.7. The number of furan rings is 1. The predicted octanol–water partition coefficient (Wildman–Crippen LogP) is 17.3. The fourth-order valence-electron chi connectivity index (χ4n) is 10.4. The number of aromatic hydroxyl groups is 1. The van der Waals surface area contributed by atoms with Crippen LogP contribution in [0.15, 0.2) is 150 Å². The van der Waals surface area contributed by atoms with Crippen molar-refractivity contribution in [3.63, 3.8) is 0 Å². The van der Waals surface area contributed by atoms with E-state index in [2.05, 4.69) is 207 Å². The first-order valence-electron chi connectivity index (χ1n) is 23.8. The maximum atomic E-state index is 12.7. The van der Waals surface area contributed by atoms with Crippen LogP contribution in [0.2, 0.25) is 0 Å². The Morgan fingerprint density at radius 3 is 1.85 bits per heavy atom. The lowest BCUT2D eigenvalue weighted by Gasteiger charge is -2.28. The van der Waals surface area contributed by atoms with Crippen molar-refractivity contribution in [3.8, 4) is 45.2 Å². The van der Waals surface area contributed by atoms with Gasteiger partial charge in [0.2, 0.25) is 0 Å². The summed E-state index contributed by atoms with van der Waals surface area (Å²) in [6.45, 7) is 22.4. The highest BCUT2D eigenvalue weighted by molar-refractivity contribution is 6.34. The molecule has 11 rings (SSSR count). The van der Waals surface area contributed by atoms with Crippen LogP contribution in [-0.2, 0) is 10.8 Å². The second kappa shape index (κ2) is 15.4. The van der Waals surface area contributed by atoms with Gasteiger partial charge in [-0.25, -0.2) is 9.97 Å².